The lowest BCUT2D eigenvalue weighted by Gasteiger charge is -2.36. The van der Waals surface area contributed by atoms with Gasteiger partial charge in [-0.05, 0) is 53.4 Å². The van der Waals surface area contributed by atoms with Crippen LogP contribution in [0.5, 0.6) is 5.75 Å². The van der Waals surface area contributed by atoms with Crippen LogP contribution in [0.1, 0.15) is 28.8 Å². The Morgan fingerprint density at radius 3 is 2.58 bits per heavy atom. The maximum absolute atomic E-state index is 12.9. The minimum absolute atomic E-state index is 0.0314. The van der Waals surface area contributed by atoms with Gasteiger partial charge < -0.3 is 19.5 Å². The van der Waals surface area contributed by atoms with Gasteiger partial charge in [0.05, 0.1) is 18.8 Å². The summed E-state index contributed by atoms with van der Waals surface area (Å²) in [4.78, 5) is 18.1. The van der Waals surface area contributed by atoms with Crippen molar-refractivity contribution in [3.05, 3.63) is 90.0 Å². The average molecular weight is 503 g/mol. The van der Waals surface area contributed by atoms with Gasteiger partial charge in [-0.3, -0.25) is 9.79 Å². The Morgan fingerprint density at radius 1 is 1.03 bits per heavy atom. The summed E-state index contributed by atoms with van der Waals surface area (Å²) in [5.41, 5.74) is 3.44. The molecule has 2 aliphatic rings. The number of methoxy groups -OCH3 is 2. The Labute approximate surface area is 216 Å². The topological polar surface area (TPSA) is 69.2 Å². The van der Waals surface area contributed by atoms with Crippen LogP contribution < -0.4 is 10.1 Å². The monoisotopic (exact) mass is 502 g/mol. The van der Waals surface area contributed by atoms with Crippen LogP contribution >= 0.6 is 11.8 Å². The molecule has 5 rings (SSSR count). The van der Waals surface area contributed by atoms with Gasteiger partial charge in [0, 0.05) is 30.8 Å². The predicted molar refractivity (Wildman–Crippen MR) is 143 cm³/mol. The third-order valence-corrected chi connectivity index (χ3v) is 7.96. The van der Waals surface area contributed by atoms with Crippen molar-refractivity contribution in [2.45, 2.75) is 24.5 Å². The highest BCUT2D eigenvalue weighted by atomic mass is 32.2. The minimum atomic E-state index is -0.488. The molecule has 0 bridgehead atoms. The SMILES string of the molecule is COCO[C@@H]1C[C@H]2CSC(NC(=O)c3ccccc3)=N[C@@]2(c2cccc(-c3cccc(OC)c3)c2)C1. The van der Waals surface area contributed by atoms with Crippen LogP contribution in [0.25, 0.3) is 11.1 Å². The molecule has 3 aromatic rings. The number of rotatable bonds is 7. The third-order valence-electron chi connectivity index (χ3n) is 6.93. The Kier molecular flexibility index (Phi) is 7.41. The van der Waals surface area contributed by atoms with E-state index in [1.165, 1.54) is 0 Å². The molecule has 0 spiro atoms. The molecule has 1 saturated carbocycles. The number of fused-ring (bicyclic) bond motifs is 1. The molecule has 186 valence electrons. The largest absolute Gasteiger partial charge is 0.497 e. The minimum Gasteiger partial charge on any atom is -0.497 e. The molecule has 7 heteroatoms. The first-order valence-electron chi connectivity index (χ1n) is 12.1. The lowest BCUT2D eigenvalue weighted by atomic mass is 9.80. The fourth-order valence-corrected chi connectivity index (χ4v) is 6.31. The van der Waals surface area contributed by atoms with Crippen molar-refractivity contribution in [2.24, 2.45) is 10.9 Å². The zero-order chi connectivity index (χ0) is 25.0. The van der Waals surface area contributed by atoms with Crippen molar-refractivity contribution in [1.82, 2.24) is 5.32 Å². The molecule has 0 aromatic heterocycles. The van der Waals surface area contributed by atoms with Crippen molar-refractivity contribution in [2.75, 3.05) is 26.8 Å². The van der Waals surface area contributed by atoms with Crippen molar-refractivity contribution in [1.29, 1.82) is 0 Å². The molecule has 1 aliphatic heterocycles. The smallest absolute Gasteiger partial charge is 0.257 e. The summed E-state index contributed by atoms with van der Waals surface area (Å²) in [7, 11) is 3.32. The fraction of sp³-hybridized carbons (Fsp3) is 0.310. The molecule has 3 aromatic carbocycles. The van der Waals surface area contributed by atoms with Crippen LogP contribution in [0.2, 0.25) is 0 Å². The third kappa shape index (κ3) is 5.05. The molecule has 0 unspecified atom stereocenters. The van der Waals surface area contributed by atoms with Gasteiger partial charge >= 0.3 is 0 Å². The van der Waals surface area contributed by atoms with E-state index in [1.54, 1.807) is 26.0 Å². The highest BCUT2D eigenvalue weighted by Gasteiger charge is 2.51. The lowest BCUT2D eigenvalue weighted by Crippen LogP contribution is -2.40. The van der Waals surface area contributed by atoms with E-state index in [0.29, 0.717) is 10.7 Å². The first kappa shape index (κ1) is 24.6. The first-order chi connectivity index (χ1) is 17.6. The summed E-state index contributed by atoms with van der Waals surface area (Å²) in [5, 5.41) is 3.71. The van der Waals surface area contributed by atoms with Gasteiger partial charge in [-0.15, -0.1) is 0 Å². The van der Waals surface area contributed by atoms with E-state index >= 15 is 0 Å². The summed E-state index contributed by atoms with van der Waals surface area (Å²) >= 11 is 1.60. The van der Waals surface area contributed by atoms with E-state index in [9.17, 15) is 4.79 Å². The number of ether oxygens (including phenoxy) is 3. The number of aliphatic imine (C=N–C) groups is 1. The second-order valence-corrected chi connectivity index (χ2v) is 10.1. The normalized spacial score (nSPS) is 23.0. The van der Waals surface area contributed by atoms with E-state index in [0.717, 1.165) is 41.0 Å². The number of hydrogen-bond acceptors (Lipinski definition) is 6. The van der Waals surface area contributed by atoms with E-state index in [-0.39, 0.29) is 24.7 Å². The van der Waals surface area contributed by atoms with E-state index in [2.05, 4.69) is 35.6 Å². The predicted octanol–water partition coefficient (Wildman–Crippen LogP) is 5.49. The quantitative estimate of drug-likeness (QED) is 0.433. The lowest BCUT2D eigenvalue weighted by molar-refractivity contribution is -0.0708. The van der Waals surface area contributed by atoms with Crippen LogP contribution in [-0.4, -0.2) is 43.9 Å². The molecule has 1 fully saturated rings. The maximum atomic E-state index is 12.9. The summed E-state index contributed by atoms with van der Waals surface area (Å²) < 4.78 is 16.6. The van der Waals surface area contributed by atoms with Crippen LogP contribution in [0.15, 0.2) is 83.9 Å². The molecule has 6 nitrogen and oxygen atoms in total. The molecule has 0 saturated heterocycles. The number of amidine groups is 1. The van der Waals surface area contributed by atoms with Gasteiger partial charge in [-0.1, -0.05) is 60.3 Å². The maximum Gasteiger partial charge on any atom is 0.257 e. The number of nitrogens with one attached hydrogen (secondary N) is 1. The number of thioether (sulfide) groups is 1. The average Bonchev–Trinajstić information content (AvgIpc) is 3.31. The molecule has 1 amide bonds. The van der Waals surface area contributed by atoms with Gasteiger partial charge in [-0.2, -0.15) is 0 Å². The van der Waals surface area contributed by atoms with Crippen LogP contribution in [0.3, 0.4) is 0 Å². The number of carbonyl (C=O) groups is 1. The fourth-order valence-electron chi connectivity index (χ4n) is 5.15. The number of carbonyl (C=O) groups excluding carboxylic acids is 1. The molecule has 1 N–H and O–H groups in total. The van der Waals surface area contributed by atoms with Crippen molar-refractivity contribution in [3.8, 4) is 16.9 Å². The molecule has 36 heavy (non-hydrogen) atoms. The number of hydrogen-bond donors (Lipinski definition) is 1. The van der Waals surface area contributed by atoms with Crippen molar-refractivity contribution < 1.29 is 19.0 Å². The van der Waals surface area contributed by atoms with E-state index in [1.807, 2.05) is 48.5 Å². The zero-order valence-corrected chi connectivity index (χ0v) is 21.3. The second kappa shape index (κ2) is 10.9. The summed E-state index contributed by atoms with van der Waals surface area (Å²) in [6.45, 7) is 0.256. The summed E-state index contributed by atoms with van der Waals surface area (Å²) in [6.07, 6.45) is 1.65. The molecular weight excluding hydrogens is 472 g/mol. The molecular formula is C29H30N2O4S. The highest BCUT2D eigenvalue weighted by molar-refractivity contribution is 8.13. The van der Waals surface area contributed by atoms with Gasteiger partial charge in [0.15, 0.2) is 5.17 Å². The van der Waals surface area contributed by atoms with Gasteiger partial charge in [0.2, 0.25) is 0 Å². The van der Waals surface area contributed by atoms with E-state index < -0.39 is 5.54 Å². The highest BCUT2D eigenvalue weighted by Crippen LogP contribution is 2.52. The van der Waals surface area contributed by atoms with Crippen molar-refractivity contribution >= 4 is 22.8 Å². The van der Waals surface area contributed by atoms with Gasteiger partial charge in [0.25, 0.3) is 5.91 Å². The molecule has 1 aliphatic carbocycles. The number of benzene rings is 3. The summed E-state index contributed by atoms with van der Waals surface area (Å²) in [6, 6.07) is 25.9. The Morgan fingerprint density at radius 2 is 1.81 bits per heavy atom. The Bertz CT molecular complexity index is 1250. The van der Waals surface area contributed by atoms with Crippen LogP contribution in [0.4, 0.5) is 0 Å². The summed E-state index contributed by atoms with van der Waals surface area (Å²) in [5.74, 6) is 1.80. The molecule has 1 heterocycles. The van der Waals surface area contributed by atoms with Crippen LogP contribution in [0, 0.1) is 5.92 Å². The zero-order valence-electron chi connectivity index (χ0n) is 20.5. The molecule has 0 radical (unpaired) electrons. The standard InChI is InChI=1S/C29H30N2O4S/c1-33-19-35-26-16-24-18-36-28(30-27(32)20-8-4-3-5-9-20)31-29(24,17-26)23-12-6-10-21(14-23)22-11-7-13-25(15-22)34-2/h3-15,24,26H,16-19H2,1-2H3,(H,30,31,32)/t24-,26+,29+/m0/s1. The molecule has 3 atom stereocenters. The Balaban J connectivity index is 1.51. The Hall–Kier alpha value is -3.13. The van der Waals surface area contributed by atoms with E-state index in [4.69, 9.17) is 19.2 Å². The van der Waals surface area contributed by atoms with Crippen LogP contribution in [-0.2, 0) is 15.0 Å². The van der Waals surface area contributed by atoms with Crippen molar-refractivity contribution in [3.63, 3.8) is 0 Å². The second-order valence-electron chi connectivity index (χ2n) is 9.12. The first-order valence-corrected chi connectivity index (χ1v) is 13.0. The van der Waals surface area contributed by atoms with Gasteiger partial charge in [0.1, 0.15) is 12.5 Å². The number of amides is 1. The van der Waals surface area contributed by atoms with Gasteiger partial charge in [-0.25, -0.2) is 0 Å². The number of nitrogens with zero attached hydrogens (tertiary/aromatic N) is 1.